The zero-order chi connectivity index (χ0) is 14.4. The summed E-state index contributed by atoms with van der Waals surface area (Å²) in [6.07, 6.45) is -11.8. The minimum Gasteiger partial charge on any atom is -0.508 e. The monoisotopic (exact) mass is 274 g/mol. The van der Waals surface area contributed by atoms with Gasteiger partial charge >= 0.3 is 12.4 Å². The summed E-state index contributed by atoms with van der Waals surface area (Å²) in [6.45, 7) is 0.928. The number of halogens is 6. The van der Waals surface area contributed by atoms with Crippen molar-refractivity contribution < 1.29 is 36.6 Å². The van der Waals surface area contributed by atoms with Crippen molar-refractivity contribution in [1.29, 1.82) is 0 Å². The molecule has 0 heterocycles. The van der Waals surface area contributed by atoms with Crippen molar-refractivity contribution in [3.05, 3.63) is 29.3 Å². The number of rotatable bonds is 1. The molecule has 0 amide bonds. The predicted octanol–water partition coefficient (Wildman–Crippen LogP) is 3.01. The highest BCUT2D eigenvalue weighted by Crippen LogP contribution is 2.51. The van der Waals surface area contributed by atoms with Crippen molar-refractivity contribution in [2.75, 3.05) is 0 Å². The number of aromatic hydroxyl groups is 1. The van der Waals surface area contributed by atoms with Gasteiger partial charge in [-0.15, -0.1) is 0 Å². The van der Waals surface area contributed by atoms with Crippen LogP contribution in [0.1, 0.15) is 11.1 Å². The van der Waals surface area contributed by atoms with Gasteiger partial charge in [0.1, 0.15) is 5.75 Å². The van der Waals surface area contributed by atoms with Crippen LogP contribution >= 0.6 is 0 Å². The first-order chi connectivity index (χ1) is 7.91. The standard InChI is InChI=1S/C10H8F6O2/c1-5-4-6(17)2-3-7(5)8(18,9(11,12)13)10(14,15)16/h2-4,17-18H,1H3. The van der Waals surface area contributed by atoms with Crippen molar-refractivity contribution in [3.63, 3.8) is 0 Å². The summed E-state index contributed by atoms with van der Waals surface area (Å²) in [4.78, 5) is 0. The van der Waals surface area contributed by atoms with Crippen LogP contribution in [0.5, 0.6) is 5.75 Å². The van der Waals surface area contributed by atoms with Crippen LogP contribution < -0.4 is 0 Å². The molecule has 0 fully saturated rings. The highest BCUT2D eigenvalue weighted by Gasteiger charge is 2.71. The maximum Gasteiger partial charge on any atom is 0.430 e. The largest absolute Gasteiger partial charge is 0.508 e. The van der Waals surface area contributed by atoms with Gasteiger partial charge in [-0.05, 0) is 24.6 Å². The van der Waals surface area contributed by atoms with Crippen LogP contribution in [0.4, 0.5) is 26.3 Å². The van der Waals surface area contributed by atoms with Gasteiger partial charge in [-0.25, -0.2) is 0 Å². The zero-order valence-corrected chi connectivity index (χ0v) is 8.89. The third-order valence-electron chi connectivity index (χ3n) is 2.42. The maximum absolute atomic E-state index is 12.5. The second-order valence-electron chi connectivity index (χ2n) is 3.71. The Balaban J connectivity index is 3.56. The third kappa shape index (κ3) is 2.12. The number of aliphatic hydroxyl groups is 1. The molecule has 0 aliphatic heterocycles. The number of alkyl halides is 6. The Labute approximate surface area is 97.5 Å². The van der Waals surface area contributed by atoms with Crippen LogP contribution in [0.2, 0.25) is 0 Å². The molecule has 0 atom stereocenters. The molecule has 102 valence electrons. The van der Waals surface area contributed by atoms with E-state index in [0.717, 1.165) is 6.92 Å². The summed E-state index contributed by atoms with van der Waals surface area (Å²) < 4.78 is 75.2. The summed E-state index contributed by atoms with van der Waals surface area (Å²) in [5.74, 6) is -0.497. The van der Waals surface area contributed by atoms with Gasteiger partial charge in [0.15, 0.2) is 0 Å². The Kier molecular flexibility index (Phi) is 3.28. The van der Waals surface area contributed by atoms with Gasteiger partial charge in [0.05, 0.1) is 0 Å². The zero-order valence-electron chi connectivity index (χ0n) is 8.89. The van der Waals surface area contributed by atoms with Crippen molar-refractivity contribution in [1.82, 2.24) is 0 Å². The fourth-order valence-electron chi connectivity index (χ4n) is 1.52. The number of phenols is 1. The van der Waals surface area contributed by atoms with Crippen molar-refractivity contribution in [3.8, 4) is 5.75 Å². The van der Waals surface area contributed by atoms with Crippen LogP contribution in [0.3, 0.4) is 0 Å². The Morgan fingerprint density at radius 1 is 0.944 bits per heavy atom. The Hall–Kier alpha value is -1.44. The molecule has 18 heavy (non-hydrogen) atoms. The number of aryl methyl sites for hydroxylation is 1. The van der Waals surface area contributed by atoms with Gasteiger partial charge in [-0.2, -0.15) is 26.3 Å². The number of benzene rings is 1. The van der Waals surface area contributed by atoms with E-state index in [9.17, 15) is 26.3 Å². The molecule has 0 saturated heterocycles. The maximum atomic E-state index is 12.5. The Morgan fingerprint density at radius 3 is 1.72 bits per heavy atom. The summed E-state index contributed by atoms with van der Waals surface area (Å²) in [5, 5.41) is 18.1. The molecule has 0 aliphatic rings. The quantitative estimate of drug-likeness (QED) is 0.773. The molecule has 2 nitrogen and oxygen atoms in total. The van der Waals surface area contributed by atoms with Gasteiger partial charge in [0, 0.05) is 5.56 Å². The molecule has 1 rings (SSSR count). The Bertz CT molecular complexity index is 435. The molecule has 1 aromatic carbocycles. The van der Waals surface area contributed by atoms with Gasteiger partial charge in [0.2, 0.25) is 0 Å². The molecule has 2 N–H and O–H groups in total. The average molecular weight is 274 g/mol. The van der Waals surface area contributed by atoms with Gasteiger partial charge in [-0.1, -0.05) is 6.07 Å². The van der Waals surface area contributed by atoms with Gasteiger partial charge in [-0.3, -0.25) is 0 Å². The lowest BCUT2D eigenvalue weighted by Gasteiger charge is -2.33. The van der Waals surface area contributed by atoms with E-state index in [1.807, 2.05) is 0 Å². The Morgan fingerprint density at radius 2 is 1.39 bits per heavy atom. The summed E-state index contributed by atoms with van der Waals surface area (Å²) in [6, 6.07) is 1.74. The first-order valence-electron chi connectivity index (χ1n) is 4.57. The van der Waals surface area contributed by atoms with E-state index in [4.69, 9.17) is 10.2 Å². The molecule has 8 heteroatoms. The highest BCUT2D eigenvalue weighted by molar-refractivity contribution is 5.39. The van der Waals surface area contributed by atoms with E-state index in [0.29, 0.717) is 18.2 Å². The topological polar surface area (TPSA) is 40.5 Å². The van der Waals surface area contributed by atoms with E-state index >= 15 is 0 Å². The molecule has 0 aliphatic carbocycles. The normalized spacial score (nSPS) is 13.8. The molecule has 0 saturated carbocycles. The number of hydrogen-bond donors (Lipinski definition) is 2. The molecule has 0 radical (unpaired) electrons. The average Bonchev–Trinajstić information content (AvgIpc) is 2.12. The predicted molar refractivity (Wildman–Crippen MR) is 48.9 cm³/mol. The smallest absolute Gasteiger partial charge is 0.430 e. The molecule has 0 aromatic heterocycles. The fourth-order valence-corrected chi connectivity index (χ4v) is 1.52. The lowest BCUT2D eigenvalue weighted by molar-refractivity contribution is -0.376. The van der Waals surface area contributed by atoms with Gasteiger partial charge < -0.3 is 10.2 Å². The van der Waals surface area contributed by atoms with E-state index in [2.05, 4.69) is 0 Å². The minimum atomic E-state index is -5.92. The SMILES string of the molecule is Cc1cc(O)ccc1C(O)(C(F)(F)F)C(F)(F)F. The van der Waals surface area contributed by atoms with Gasteiger partial charge in [0.25, 0.3) is 5.60 Å². The first kappa shape index (κ1) is 14.6. The third-order valence-corrected chi connectivity index (χ3v) is 2.42. The molecular formula is C10H8F6O2. The lowest BCUT2D eigenvalue weighted by atomic mass is 9.88. The second kappa shape index (κ2) is 4.04. The summed E-state index contributed by atoms with van der Waals surface area (Å²) in [7, 11) is 0. The number of hydrogen-bond acceptors (Lipinski definition) is 2. The van der Waals surface area contributed by atoms with E-state index in [1.54, 1.807) is 0 Å². The molecule has 0 spiro atoms. The minimum absolute atomic E-state index is 0.394. The van der Waals surface area contributed by atoms with Crippen LogP contribution in [0.25, 0.3) is 0 Å². The molecule has 0 unspecified atom stereocenters. The number of phenolic OH excluding ortho intramolecular Hbond substituents is 1. The van der Waals surface area contributed by atoms with Crippen LogP contribution in [0, 0.1) is 6.92 Å². The van der Waals surface area contributed by atoms with Crippen molar-refractivity contribution in [2.45, 2.75) is 24.9 Å². The molecular weight excluding hydrogens is 266 g/mol. The highest BCUT2D eigenvalue weighted by atomic mass is 19.4. The first-order valence-corrected chi connectivity index (χ1v) is 4.57. The summed E-state index contributed by atoms with van der Waals surface area (Å²) in [5.41, 5.74) is -6.84. The fraction of sp³-hybridized carbons (Fsp3) is 0.400. The van der Waals surface area contributed by atoms with E-state index < -0.39 is 34.8 Å². The lowest BCUT2D eigenvalue weighted by Crippen LogP contribution is -2.54. The van der Waals surface area contributed by atoms with Crippen LogP contribution in [-0.2, 0) is 5.60 Å². The van der Waals surface area contributed by atoms with Crippen LogP contribution in [-0.4, -0.2) is 22.6 Å². The van der Waals surface area contributed by atoms with Crippen molar-refractivity contribution >= 4 is 0 Å². The van der Waals surface area contributed by atoms with Crippen molar-refractivity contribution in [2.24, 2.45) is 0 Å². The summed E-state index contributed by atoms with van der Waals surface area (Å²) >= 11 is 0. The molecule has 0 bridgehead atoms. The van der Waals surface area contributed by atoms with Crippen LogP contribution in [0.15, 0.2) is 18.2 Å². The van der Waals surface area contributed by atoms with E-state index in [-0.39, 0.29) is 0 Å². The molecule has 1 aromatic rings. The van der Waals surface area contributed by atoms with E-state index in [1.165, 1.54) is 0 Å². The second-order valence-corrected chi connectivity index (χ2v) is 3.71.